The number of halogens is 1. The molecule has 6 nitrogen and oxygen atoms in total. The van der Waals surface area contributed by atoms with Gasteiger partial charge in [-0.15, -0.1) is 0 Å². The van der Waals surface area contributed by atoms with E-state index in [1.807, 2.05) is 13.0 Å². The van der Waals surface area contributed by atoms with Crippen LogP contribution in [0.25, 0.3) is 0 Å². The highest BCUT2D eigenvalue weighted by Gasteiger charge is 2.09. The van der Waals surface area contributed by atoms with Gasteiger partial charge in [0.1, 0.15) is 17.4 Å². The zero-order valence-electron chi connectivity index (χ0n) is 11.5. The van der Waals surface area contributed by atoms with Crippen molar-refractivity contribution in [2.75, 3.05) is 30.5 Å². The van der Waals surface area contributed by atoms with Crippen LogP contribution in [0.5, 0.6) is 5.75 Å². The molecule has 0 unspecified atom stereocenters. The molecule has 0 aliphatic rings. The lowest BCUT2D eigenvalue weighted by Crippen LogP contribution is -2.04. The molecule has 0 atom stereocenters. The third-order valence-electron chi connectivity index (χ3n) is 2.74. The van der Waals surface area contributed by atoms with Crippen LogP contribution in [0.2, 0.25) is 5.02 Å². The van der Waals surface area contributed by atoms with E-state index in [1.165, 1.54) is 0 Å². The van der Waals surface area contributed by atoms with Gasteiger partial charge in [-0.1, -0.05) is 11.6 Å². The van der Waals surface area contributed by atoms with Crippen molar-refractivity contribution in [1.82, 2.24) is 9.97 Å². The van der Waals surface area contributed by atoms with Crippen LogP contribution in [0, 0.1) is 6.92 Å². The Labute approximate surface area is 122 Å². The normalized spacial score (nSPS) is 10.2. The van der Waals surface area contributed by atoms with Gasteiger partial charge < -0.3 is 21.1 Å². The molecule has 0 bridgehead atoms. The molecule has 0 aliphatic heterocycles. The van der Waals surface area contributed by atoms with Gasteiger partial charge in [0.15, 0.2) is 0 Å². The van der Waals surface area contributed by atoms with Gasteiger partial charge in [0, 0.05) is 24.2 Å². The summed E-state index contributed by atoms with van der Waals surface area (Å²) in [4.78, 5) is 8.16. The molecule has 0 amide bonds. The molecule has 0 saturated heterocycles. The van der Waals surface area contributed by atoms with Crippen LogP contribution in [0.3, 0.4) is 0 Å². The van der Waals surface area contributed by atoms with Gasteiger partial charge in [0.05, 0.1) is 12.8 Å². The number of nitrogens with zero attached hydrogens (tertiary/aromatic N) is 2. The van der Waals surface area contributed by atoms with Crippen molar-refractivity contribution in [2.24, 2.45) is 0 Å². The lowest BCUT2D eigenvalue weighted by molar-refractivity contribution is 0.416. The Morgan fingerprint density at radius 2 is 1.90 bits per heavy atom. The minimum atomic E-state index is 0.184. The second-order valence-corrected chi connectivity index (χ2v) is 4.58. The molecule has 2 rings (SSSR count). The maximum atomic E-state index is 6.08. The van der Waals surface area contributed by atoms with Crippen molar-refractivity contribution >= 4 is 34.9 Å². The average Bonchev–Trinajstić information content (AvgIpc) is 2.42. The molecule has 7 heteroatoms. The number of anilines is 4. The van der Waals surface area contributed by atoms with Crippen LogP contribution in [0.15, 0.2) is 18.2 Å². The molecule has 0 radical (unpaired) electrons. The van der Waals surface area contributed by atoms with Crippen molar-refractivity contribution in [3.63, 3.8) is 0 Å². The van der Waals surface area contributed by atoms with E-state index in [4.69, 9.17) is 22.1 Å². The summed E-state index contributed by atoms with van der Waals surface area (Å²) in [5, 5.41) is 6.72. The minimum Gasteiger partial charge on any atom is -0.495 e. The van der Waals surface area contributed by atoms with Crippen molar-refractivity contribution in [1.29, 1.82) is 0 Å². The first-order chi connectivity index (χ1) is 9.53. The smallest absolute Gasteiger partial charge is 0.223 e. The lowest BCUT2D eigenvalue weighted by atomic mass is 10.2. The van der Waals surface area contributed by atoms with E-state index in [9.17, 15) is 0 Å². The molecule has 4 N–H and O–H groups in total. The fourth-order valence-electron chi connectivity index (χ4n) is 1.73. The molecule has 1 aromatic heterocycles. The number of aryl methyl sites for hydroxylation is 1. The highest BCUT2D eigenvalue weighted by Crippen LogP contribution is 2.33. The third-order valence-corrected chi connectivity index (χ3v) is 3.15. The number of nitrogen functional groups attached to an aromatic ring is 1. The monoisotopic (exact) mass is 293 g/mol. The minimum absolute atomic E-state index is 0.184. The first-order valence-corrected chi connectivity index (χ1v) is 6.34. The number of benzene rings is 1. The Kier molecular flexibility index (Phi) is 4.14. The van der Waals surface area contributed by atoms with Gasteiger partial charge >= 0.3 is 0 Å². The molecule has 1 heterocycles. The van der Waals surface area contributed by atoms with E-state index in [0.29, 0.717) is 22.4 Å². The fraction of sp³-hybridized carbons (Fsp3) is 0.231. The number of nitrogens with one attached hydrogen (secondary N) is 2. The SMILES string of the molecule is CNc1cc(Nc2cc(C)c(Cl)cc2OC)nc(N)n1. The summed E-state index contributed by atoms with van der Waals surface area (Å²) < 4.78 is 5.30. The van der Waals surface area contributed by atoms with Crippen LogP contribution in [-0.2, 0) is 0 Å². The predicted molar refractivity (Wildman–Crippen MR) is 82.0 cm³/mol. The van der Waals surface area contributed by atoms with E-state index in [1.54, 1.807) is 26.3 Å². The standard InChI is InChI=1S/C13H16ClN5O/c1-7-4-9(10(20-3)5-8(7)14)17-12-6-11(16-2)18-13(15)19-12/h4-6H,1-3H3,(H4,15,16,17,18,19). The Bertz CT molecular complexity index is 632. The van der Waals surface area contributed by atoms with Gasteiger partial charge in [0.2, 0.25) is 5.95 Å². The Morgan fingerprint density at radius 1 is 1.20 bits per heavy atom. The zero-order valence-corrected chi connectivity index (χ0v) is 12.2. The predicted octanol–water partition coefficient (Wildman–Crippen LogP) is 2.81. The first-order valence-electron chi connectivity index (χ1n) is 5.97. The summed E-state index contributed by atoms with van der Waals surface area (Å²) in [5.74, 6) is 2.01. The van der Waals surface area contributed by atoms with Gasteiger partial charge in [-0.2, -0.15) is 9.97 Å². The van der Waals surface area contributed by atoms with E-state index >= 15 is 0 Å². The number of nitrogens with two attached hydrogens (primary N) is 1. The van der Waals surface area contributed by atoms with Crippen molar-refractivity contribution in [3.8, 4) is 5.75 Å². The highest BCUT2D eigenvalue weighted by molar-refractivity contribution is 6.31. The van der Waals surface area contributed by atoms with Gasteiger partial charge in [-0.3, -0.25) is 0 Å². The van der Waals surface area contributed by atoms with Crippen LogP contribution in [-0.4, -0.2) is 24.1 Å². The highest BCUT2D eigenvalue weighted by atomic mass is 35.5. The number of hydrogen-bond acceptors (Lipinski definition) is 6. The van der Waals surface area contributed by atoms with E-state index in [2.05, 4.69) is 20.6 Å². The summed E-state index contributed by atoms with van der Waals surface area (Å²) in [6.07, 6.45) is 0. The van der Waals surface area contributed by atoms with Crippen molar-refractivity contribution < 1.29 is 4.74 Å². The van der Waals surface area contributed by atoms with E-state index < -0.39 is 0 Å². The van der Waals surface area contributed by atoms with Crippen LogP contribution in [0.4, 0.5) is 23.3 Å². The molecule has 0 saturated carbocycles. The summed E-state index contributed by atoms with van der Waals surface area (Å²) in [5.41, 5.74) is 7.35. The topological polar surface area (TPSA) is 85.1 Å². The quantitative estimate of drug-likeness (QED) is 0.804. The molecule has 1 aromatic carbocycles. The summed E-state index contributed by atoms with van der Waals surface area (Å²) in [6, 6.07) is 5.39. The summed E-state index contributed by atoms with van der Waals surface area (Å²) in [7, 11) is 3.35. The first kappa shape index (κ1) is 14.2. The molecular weight excluding hydrogens is 278 g/mol. The van der Waals surface area contributed by atoms with Gasteiger partial charge in [-0.25, -0.2) is 0 Å². The lowest BCUT2D eigenvalue weighted by Gasteiger charge is -2.13. The molecular formula is C13H16ClN5O. The largest absolute Gasteiger partial charge is 0.495 e. The molecule has 0 aliphatic carbocycles. The van der Waals surface area contributed by atoms with Crippen LogP contribution >= 0.6 is 11.6 Å². The Hall–Kier alpha value is -2.21. The molecule has 0 fully saturated rings. The number of methoxy groups -OCH3 is 1. The zero-order chi connectivity index (χ0) is 14.7. The maximum Gasteiger partial charge on any atom is 0.223 e. The maximum absolute atomic E-state index is 6.08. The molecule has 0 spiro atoms. The number of hydrogen-bond donors (Lipinski definition) is 3. The van der Waals surface area contributed by atoms with E-state index in [-0.39, 0.29) is 5.95 Å². The van der Waals surface area contributed by atoms with E-state index in [0.717, 1.165) is 11.3 Å². The van der Waals surface area contributed by atoms with Gasteiger partial charge in [0.25, 0.3) is 0 Å². The number of aromatic nitrogens is 2. The van der Waals surface area contributed by atoms with Gasteiger partial charge in [-0.05, 0) is 18.6 Å². The second-order valence-electron chi connectivity index (χ2n) is 4.17. The summed E-state index contributed by atoms with van der Waals surface area (Å²) >= 11 is 6.08. The summed E-state index contributed by atoms with van der Waals surface area (Å²) in [6.45, 7) is 1.92. The average molecular weight is 294 g/mol. The molecule has 2 aromatic rings. The van der Waals surface area contributed by atoms with Crippen LogP contribution < -0.4 is 21.1 Å². The molecule has 106 valence electrons. The van der Waals surface area contributed by atoms with Crippen molar-refractivity contribution in [3.05, 3.63) is 28.8 Å². The third kappa shape index (κ3) is 3.03. The molecule has 20 heavy (non-hydrogen) atoms. The Morgan fingerprint density at radius 3 is 2.55 bits per heavy atom. The second kappa shape index (κ2) is 5.83. The van der Waals surface area contributed by atoms with Crippen molar-refractivity contribution in [2.45, 2.75) is 6.92 Å². The van der Waals surface area contributed by atoms with Crippen LogP contribution in [0.1, 0.15) is 5.56 Å². The number of rotatable bonds is 4. The fourth-order valence-corrected chi connectivity index (χ4v) is 1.88. The number of ether oxygens (including phenoxy) is 1. The Balaban J connectivity index is 2.39.